The minimum atomic E-state index is -10.1. The molecule has 7 rings (SSSR count). The zero-order valence-corrected chi connectivity index (χ0v) is 28.6. The first-order valence-corrected chi connectivity index (χ1v) is 20.1. The van der Waals surface area contributed by atoms with Crippen molar-refractivity contribution in [2.75, 3.05) is 0 Å². The molecular formula is C28H10F10N6S6. The molecule has 6 nitrogen and oxygen atoms in total. The lowest BCUT2D eigenvalue weighted by Crippen LogP contribution is -2.08. The van der Waals surface area contributed by atoms with Crippen LogP contribution in [0, 0.1) is 22.7 Å². The summed E-state index contributed by atoms with van der Waals surface area (Å²) in [7, 11) is -20.3. The first-order chi connectivity index (χ1) is 22.9. The van der Waals surface area contributed by atoms with Gasteiger partial charge in [-0.3, -0.25) is 0 Å². The van der Waals surface area contributed by atoms with Crippen LogP contribution in [-0.2, 0) is 11.4 Å². The van der Waals surface area contributed by atoms with Gasteiger partial charge in [-0.05, 0) is 59.7 Å². The first-order valence-electron chi connectivity index (χ1n) is 13.1. The van der Waals surface area contributed by atoms with E-state index in [0.29, 0.717) is 53.0 Å². The van der Waals surface area contributed by atoms with Crippen molar-refractivity contribution in [2.24, 2.45) is 8.73 Å². The molecule has 0 bridgehead atoms. The van der Waals surface area contributed by atoms with Crippen molar-refractivity contribution in [3.63, 3.8) is 0 Å². The van der Waals surface area contributed by atoms with E-state index in [9.17, 15) is 49.4 Å². The number of aromatic nitrogens is 2. The van der Waals surface area contributed by atoms with E-state index in [-0.39, 0.29) is 23.3 Å². The van der Waals surface area contributed by atoms with Crippen LogP contribution in [0.5, 0.6) is 0 Å². The van der Waals surface area contributed by atoms with Crippen molar-refractivity contribution in [3.8, 4) is 53.9 Å². The molecule has 3 aromatic carbocycles. The fourth-order valence-electron chi connectivity index (χ4n) is 5.19. The predicted molar refractivity (Wildman–Crippen MR) is 179 cm³/mol. The van der Waals surface area contributed by atoms with E-state index in [0.717, 1.165) is 70.0 Å². The third-order valence-electron chi connectivity index (χ3n) is 7.23. The molecule has 0 aliphatic carbocycles. The number of halogens is 10. The average molecular weight is 813 g/mol. The van der Waals surface area contributed by atoms with Crippen LogP contribution in [0.3, 0.4) is 0 Å². The maximum atomic E-state index is 13.5. The van der Waals surface area contributed by atoms with Crippen LogP contribution in [0.1, 0.15) is 11.1 Å². The Morgan fingerprint density at radius 2 is 0.900 bits per heavy atom. The minimum Gasteiger partial charge on any atom is -0.192 e. The van der Waals surface area contributed by atoms with Crippen LogP contribution in [-0.4, -0.2) is 8.75 Å². The van der Waals surface area contributed by atoms with E-state index in [4.69, 9.17) is 0 Å². The Morgan fingerprint density at radius 1 is 0.520 bits per heavy atom. The molecule has 0 radical (unpaired) electrons. The van der Waals surface area contributed by atoms with Crippen LogP contribution >= 0.6 is 54.8 Å². The van der Waals surface area contributed by atoms with E-state index in [1.54, 1.807) is 12.1 Å². The third-order valence-corrected chi connectivity index (χ3v) is 13.0. The minimum absolute atomic E-state index is 0.0830. The van der Waals surface area contributed by atoms with Gasteiger partial charge in [0.25, 0.3) is 0 Å². The summed E-state index contributed by atoms with van der Waals surface area (Å²) in [5, 5.41) is 18.5. The molecule has 258 valence electrons. The second-order valence-electron chi connectivity index (χ2n) is 10.6. The van der Waals surface area contributed by atoms with E-state index in [1.807, 2.05) is 0 Å². The monoisotopic (exact) mass is 812 g/mol. The Bertz CT molecular complexity index is 2470. The molecule has 0 atom stereocenters. The number of thiophene rings is 2. The van der Waals surface area contributed by atoms with Crippen molar-refractivity contribution < 1.29 is 38.9 Å². The number of hydrogen-bond acceptors (Lipinski definition) is 9. The molecule has 0 N–H and O–H groups in total. The summed E-state index contributed by atoms with van der Waals surface area (Å²) in [4.78, 5) is -2.85. The molecule has 0 unspecified atom stereocenters. The summed E-state index contributed by atoms with van der Waals surface area (Å²) in [6.07, 6.45) is 0. The van der Waals surface area contributed by atoms with Gasteiger partial charge in [-0.25, -0.2) is 0 Å². The number of benzene rings is 3. The summed E-state index contributed by atoms with van der Waals surface area (Å²) in [5.41, 5.74) is 0.0559. The standard InChI is InChI=1S/C28H10F10N6S6/c29-49(30,31,32,33)21-7-1-13(9-15(21)11-39)17-3-5-19(45-17)23-25-27(43-47-41-25)24(28-26(23)42-48-44-28)20-6-4-18(46-20)14-2-8-22(16(10-14)12-40)50(34,35,36,37)38/h1-10H. The van der Waals surface area contributed by atoms with Gasteiger partial charge in [0.2, 0.25) is 0 Å². The fourth-order valence-corrected chi connectivity index (χ4v) is 10.1. The van der Waals surface area contributed by atoms with Crippen LogP contribution in [0.25, 0.3) is 52.8 Å². The molecule has 4 heterocycles. The van der Waals surface area contributed by atoms with Crippen molar-refractivity contribution in [1.29, 1.82) is 10.5 Å². The maximum absolute atomic E-state index is 13.5. The summed E-state index contributed by atoms with van der Waals surface area (Å²) in [5.74, 6) is 0. The van der Waals surface area contributed by atoms with Gasteiger partial charge in [0.1, 0.15) is 44.3 Å². The summed E-state index contributed by atoms with van der Waals surface area (Å²) >= 11 is 3.82. The number of nitriles is 2. The van der Waals surface area contributed by atoms with Crippen molar-refractivity contribution >= 4 is 88.6 Å². The van der Waals surface area contributed by atoms with E-state index in [2.05, 4.69) is 17.5 Å². The number of rotatable bonds is 6. The van der Waals surface area contributed by atoms with Crippen molar-refractivity contribution in [3.05, 3.63) is 71.8 Å². The Morgan fingerprint density at radius 3 is 1.26 bits per heavy atom. The van der Waals surface area contributed by atoms with Gasteiger partial charge >= 0.3 is 20.4 Å². The third kappa shape index (κ3) is 5.95. The van der Waals surface area contributed by atoms with Gasteiger partial charge in [0, 0.05) is 30.6 Å². The molecule has 50 heavy (non-hydrogen) atoms. The SMILES string of the molecule is N#Cc1cc(-c2ccc(-c3c4c(c(-c5ccc(-c6ccc(S(F)(F)(F)(F)F)c(C#N)c6)s5)c5nsnc35)N=S=N4)s2)ccc1S(F)(F)(F)(F)F. The smallest absolute Gasteiger partial charge is 0.192 e. The molecule has 1 aliphatic rings. The van der Waals surface area contributed by atoms with Gasteiger partial charge in [0.15, 0.2) is 0 Å². The van der Waals surface area contributed by atoms with Gasteiger partial charge in [-0.15, -0.1) is 22.7 Å². The van der Waals surface area contributed by atoms with Crippen molar-refractivity contribution in [2.45, 2.75) is 9.79 Å². The van der Waals surface area contributed by atoms with E-state index < -0.39 is 41.4 Å². The zero-order valence-electron chi connectivity index (χ0n) is 23.7. The van der Waals surface area contributed by atoms with Gasteiger partial charge < -0.3 is 0 Å². The molecule has 3 aromatic heterocycles. The Balaban J connectivity index is 1.31. The quantitative estimate of drug-likeness (QED) is 0.156. The number of fused-ring (bicyclic) bond motifs is 2. The maximum Gasteiger partial charge on any atom is 0.311 e. The summed E-state index contributed by atoms with van der Waals surface area (Å²) < 4.78 is 153. The molecule has 0 fully saturated rings. The molecule has 0 saturated heterocycles. The zero-order chi connectivity index (χ0) is 36.2. The topological polar surface area (TPSA) is 98.1 Å². The van der Waals surface area contributed by atoms with Gasteiger partial charge in [-0.2, -0.15) is 28.0 Å². The molecule has 1 aliphatic heterocycles. The lowest BCUT2D eigenvalue weighted by Gasteiger charge is -2.41. The highest BCUT2D eigenvalue weighted by atomic mass is 32.5. The predicted octanol–water partition coefficient (Wildman–Crippen LogP) is 14.3. The van der Waals surface area contributed by atoms with Crippen LogP contribution in [0.4, 0.5) is 50.2 Å². The molecular weight excluding hydrogens is 803 g/mol. The molecule has 6 aromatic rings. The first kappa shape index (κ1) is 34.1. The Kier molecular flexibility index (Phi) is 6.63. The van der Waals surface area contributed by atoms with E-state index >= 15 is 0 Å². The Hall–Kier alpha value is -4.32. The van der Waals surface area contributed by atoms with Gasteiger partial charge in [0.05, 0.1) is 34.2 Å². The summed E-state index contributed by atoms with van der Waals surface area (Å²) in [6, 6.07) is 12.3. The number of hydrogen-bond donors (Lipinski definition) is 0. The fraction of sp³-hybridized carbons (Fsp3) is 0. The highest BCUT2D eigenvalue weighted by Crippen LogP contribution is 3.03. The second kappa shape index (κ2) is 9.71. The molecule has 22 heteroatoms. The highest BCUT2D eigenvalue weighted by Gasteiger charge is 2.67. The van der Waals surface area contributed by atoms with Gasteiger partial charge in [-0.1, -0.05) is 51.0 Å². The lowest BCUT2D eigenvalue weighted by molar-refractivity contribution is 0.360. The highest BCUT2D eigenvalue weighted by molar-refractivity contribution is 8.46. The average Bonchev–Trinajstić information content (AvgIpc) is 3.84. The van der Waals surface area contributed by atoms with Crippen LogP contribution in [0.2, 0.25) is 0 Å². The lowest BCUT2D eigenvalue weighted by atomic mass is 10.0. The van der Waals surface area contributed by atoms with Crippen LogP contribution in [0.15, 0.2) is 79.2 Å². The Labute approximate surface area is 289 Å². The van der Waals surface area contributed by atoms with Crippen molar-refractivity contribution in [1.82, 2.24) is 8.75 Å². The second-order valence-corrected chi connectivity index (χ2v) is 18.6. The largest absolute Gasteiger partial charge is 0.311 e. The van der Waals surface area contributed by atoms with Crippen LogP contribution < -0.4 is 0 Å². The normalized spacial score (nSPS) is 15.7. The summed E-state index contributed by atoms with van der Waals surface area (Å²) in [6.45, 7) is 0. The molecule has 0 amide bonds. The molecule has 0 spiro atoms. The van der Waals surface area contributed by atoms with E-state index in [1.165, 1.54) is 24.3 Å². The number of nitrogens with zero attached hydrogens (tertiary/aromatic N) is 6. The molecule has 0 saturated carbocycles.